The zero-order valence-corrected chi connectivity index (χ0v) is 22.5. The highest BCUT2D eigenvalue weighted by atomic mass is 79.9. The number of ether oxygens (including phenoxy) is 2. The summed E-state index contributed by atoms with van der Waals surface area (Å²) in [6.45, 7) is 1.86. The third kappa shape index (κ3) is 6.53. The van der Waals surface area contributed by atoms with Crippen molar-refractivity contribution >= 4 is 50.9 Å². The molecular formula is C28H27BrClNO5. The lowest BCUT2D eigenvalue weighted by Gasteiger charge is -2.31. The second kappa shape index (κ2) is 12.7. The molecule has 0 aromatic heterocycles. The van der Waals surface area contributed by atoms with Gasteiger partial charge in [-0.15, -0.1) is 0 Å². The Morgan fingerprint density at radius 1 is 0.917 bits per heavy atom. The standard InChI is InChI=1S/C28H27BrClNO5/c1-4-23(26(32)18-7-11-20(30)12-8-18)24(17-5-9-19(29)10-6-17)25(28(34)36-3)27(33)31-21-13-15-22(35-2)16-14-21/h5-16,23-25H,4H2,1-3H3,(H,31,33)/t23-,24+,25+/m0/s1. The summed E-state index contributed by atoms with van der Waals surface area (Å²) in [4.78, 5) is 40.4. The maximum atomic E-state index is 13.7. The molecule has 36 heavy (non-hydrogen) atoms. The van der Waals surface area contributed by atoms with E-state index in [2.05, 4.69) is 21.2 Å². The van der Waals surface area contributed by atoms with Gasteiger partial charge in [0.1, 0.15) is 11.7 Å². The number of carbonyl (C=O) groups is 3. The lowest BCUT2D eigenvalue weighted by atomic mass is 9.72. The molecule has 0 unspecified atom stereocenters. The van der Waals surface area contributed by atoms with Gasteiger partial charge < -0.3 is 14.8 Å². The fraction of sp³-hybridized carbons (Fsp3) is 0.250. The van der Waals surface area contributed by atoms with Crippen molar-refractivity contribution in [1.29, 1.82) is 0 Å². The number of halogens is 2. The molecule has 0 spiro atoms. The third-order valence-corrected chi connectivity index (χ3v) is 6.83. The maximum Gasteiger partial charge on any atom is 0.318 e. The molecule has 0 saturated carbocycles. The van der Waals surface area contributed by atoms with Crippen LogP contribution in [0.1, 0.15) is 35.2 Å². The zero-order chi connectivity index (χ0) is 26.2. The Labute approximate surface area is 224 Å². The highest BCUT2D eigenvalue weighted by Gasteiger charge is 2.43. The number of nitrogens with one attached hydrogen (secondary N) is 1. The minimum atomic E-state index is -1.28. The van der Waals surface area contributed by atoms with Gasteiger partial charge in [-0.1, -0.05) is 46.6 Å². The number of benzene rings is 3. The van der Waals surface area contributed by atoms with E-state index in [4.69, 9.17) is 21.1 Å². The second-order valence-electron chi connectivity index (χ2n) is 8.18. The van der Waals surface area contributed by atoms with E-state index in [-0.39, 0.29) is 5.78 Å². The van der Waals surface area contributed by atoms with Crippen molar-refractivity contribution in [3.8, 4) is 5.75 Å². The molecule has 1 amide bonds. The number of amides is 1. The predicted octanol–water partition coefficient (Wildman–Crippen LogP) is 6.53. The third-order valence-electron chi connectivity index (χ3n) is 6.05. The van der Waals surface area contributed by atoms with Gasteiger partial charge in [-0.3, -0.25) is 14.4 Å². The Bertz CT molecular complexity index is 1200. The Hall–Kier alpha value is -3.16. The fourth-order valence-electron chi connectivity index (χ4n) is 4.21. The predicted molar refractivity (Wildman–Crippen MR) is 144 cm³/mol. The fourth-order valence-corrected chi connectivity index (χ4v) is 4.60. The molecule has 3 aromatic rings. The number of hydrogen-bond acceptors (Lipinski definition) is 5. The van der Waals surface area contributed by atoms with Crippen LogP contribution in [0.25, 0.3) is 0 Å². The van der Waals surface area contributed by atoms with Gasteiger partial charge in [0, 0.05) is 32.6 Å². The number of anilines is 1. The van der Waals surface area contributed by atoms with Crippen molar-refractivity contribution < 1.29 is 23.9 Å². The lowest BCUT2D eigenvalue weighted by Crippen LogP contribution is -2.40. The number of Topliss-reactive ketones (excluding diaryl/α,β-unsaturated/α-hetero) is 1. The summed E-state index contributed by atoms with van der Waals surface area (Å²) < 4.78 is 11.1. The van der Waals surface area contributed by atoms with E-state index in [0.29, 0.717) is 34.0 Å². The lowest BCUT2D eigenvalue weighted by molar-refractivity contribution is -0.150. The number of ketones is 1. The smallest absolute Gasteiger partial charge is 0.318 e. The first-order valence-electron chi connectivity index (χ1n) is 11.4. The van der Waals surface area contributed by atoms with Gasteiger partial charge in [-0.05, 0) is 72.6 Å². The monoisotopic (exact) mass is 571 g/mol. The molecule has 0 fully saturated rings. The van der Waals surface area contributed by atoms with Crippen LogP contribution in [-0.4, -0.2) is 31.9 Å². The van der Waals surface area contributed by atoms with Crippen LogP contribution in [0, 0.1) is 11.8 Å². The average Bonchev–Trinajstić information content (AvgIpc) is 2.89. The van der Waals surface area contributed by atoms with E-state index in [1.54, 1.807) is 55.6 Å². The first kappa shape index (κ1) is 27.4. The van der Waals surface area contributed by atoms with Crippen molar-refractivity contribution in [2.24, 2.45) is 11.8 Å². The summed E-state index contributed by atoms with van der Waals surface area (Å²) in [6.07, 6.45) is 0.394. The molecule has 8 heteroatoms. The second-order valence-corrected chi connectivity index (χ2v) is 9.53. The molecule has 0 saturated heterocycles. The van der Waals surface area contributed by atoms with Crippen LogP contribution in [0.3, 0.4) is 0 Å². The van der Waals surface area contributed by atoms with Crippen LogP contribution >= 0.6 is 27.5 Å². The van der Waals surface area contributed by atoms with Crippen LogP contribution in [0.5, 0.6) is 5.75 Å². The van der Waals surface area contributed by atoms with Crippen LogP contribution in [0.15, 0.2) is 77.3 Å². The number of methoxy groups -OCH3 is 2. The number of esters is 1. The normalized spacial score (nSPS) is 13.2. The minimum absolute atomic E-state index is 0.187. The van der Waals surface area contributed by atoms with E-state index in [9.17, 15) is 14.4 Å². The quantitative estimate of drug-likeness (QED) is 0.170. The van der Waals surface area contributed by atoms with Gasteiger partial charge in [0.25, 0.3) is 0 Å². The first-order valence-corrected chi connectivity index (χ1v) is 12.5. The number of hydrogen-bond donors (Lipinski definition) is 1. The van der Waals surface area contributed by atoms with Gasteiger partial charge in [0.15, 0.2) is 5.78 Å². The summed E-state index contributed by atoms with van der Waals surface area (Å²) in [5.41, 5.74) is 1.61. The van der Waals surface area contributed by atoms with Crippen LogP contribution in [-0.2, 0) is 14.3 Å². The van der Waals surface area contributed by atoms with Crippen LogP contribution in [0.4, 0.5) is 5.69 Å². The Balaban J connectivity index is 2.07. The van der Waals surface area contributed by atoms with Crippen molar-refractivity contribution in [2.45, 2.75) is 19.3 Å². The highest BCUT2D eigenvalue weighted by Crippen LogP contribution is 2.38. The molecule has 0 aliphatic rings. The maximum absolute atomic E-state index is 13.7. The number of rotatable bonds is 10. The molecule has 0 aliphatic heterocycles. The highest BCUT2D eigenvalue weighted by molar-refractivity contribution is 9.10. The van der Waals surface area contributed by atoms with E-state index >= 15 is 0 Å². The van der Waals surface area contributed by atoms with Crippen LogP contribution in [0.2, 0.25) is 5.02 Å². The van der Waals surface area contributed by atoms with E-state index in [0.717, 1.165) is 4.47 Å². The van der Waals surface area contributed by atoms with E-state index in [1.807, 2.05) is 31.2 Å². The van der Waals surface area contributed by atoms with E-state index in [1.165, 1.54) is 7.11 Å². The molecule has 0 bridgehead atoms. The average molecular weight is 573 g/mol. The molecule has 3 atom stereocenters. The first-order chi connectivity index (χ1) is 17.3. The van der Waals surface area contributed by atoms with Gasteiger partial charge in [0.2, 0.25) is 5.91 Å². The molecule has 188 valence electrons. The van der Waals surface area contributed by atoms with Gasteiger partial charge in [0.05, 0.1) is 14.2 Å². The molecule has 1 N–H and O–H groups in total. The minimum Gasteiger partial charge on any atom is -0.497 e. The zero-order valence-electron chi connectivity index (χ0n) is 20.2. The molecular weight excluding hydrogens is 546 g/mol. The van der Waals surface area contributed by atoms with E-state index < -0.39 is 29.6 Å². The molecule has 6 nitrogen and oxygen atoms in total. The summed E-state index contributed by atoms with van der Waals surface area (Å²) >= 11 is 9.44. The molecule has 3 rings (SSSR count). The van der Waals surface area contributed by atoms with Crippen molar-refractivity contribution in [3.63, 3.8) is 0 Å². The SMILES string of the molecule is CC[C@H](C(=O)c1ccc(Cl)cc1)[C@@H](c1ccc(Br)cc1)[C@H](C(=O)Nc1ccc(OC)cc1)C(=O)OC. The van der Waals surface area contributed by atoms with Crippen molar-refractivity contribution in [1.82, 2.24) is 0 Å². The Kier molecular flexibility index (Phi) is 9.67. The van der Waals surface area contributed by atoms with Gasteiger partial charge in [-0.2, -0.15) is 0 Å². The molecule has 0 heterocycles. The topological polar surface area (TPSA) is 81.7 Å². The summed E-state index contributed by atoms with van der Waals surface area (Å²) in [7, 11) is 2.78. The number of carbonyl (C=O) groups excluding carboxylic acids is 3. The molecule has 0 radical (unpaired) electrons. The van der Waals surface area contributed by atoms with Crippen molar-refractivity contribution in [3.05, 3.63) is 93.4 Å². The Morgan fingerprint density at radius 2 is 1.53 bits per heavy atom. The summed E-state index contributed by atoms with van der Waals surface area (Å²) in [5.74, 6) is -3.59. The van der Waals surface area contributed by atoms with Gasteiger partial charge in [-0.25, -0.2) is 0 Å². The Morgan fingerprint density at radius 3 is 2.06 bits per heavy atom. The largest absolute Gasteiger partial charge is 0.497 e. The summed E-state index contributed by atoms with van der Waals surface area (Å²) in [5, 5.41) is 3.31. The van der Waals surface area contributed by atoms with Crippen LogP contribution < -0.4 is 10.1 Å². The molecule has 3 aromatic carbocycles. The summed E-state index contributed by atoms with van der Waals surface area (Å²) in [6, 6.07) is 20.6. The van der Waals surface area contributed by atoms with Gasteiger partial charge >= 0.3 is 5.97 Å². The van der Waals surface area contributed by atoms with Crippen molar-refractivity contribution in [2.75, 3.05) is 19.5 Å². The molecule has 0 aliphatic carbocycles.